The number of thiazole rings is 1. The fourth-order valence-corrected chi connectivity index (χ4v) is 3.54. The Morgan fingerprint density at radius 1 is 1.15 bits per heavy atom. The van der Waals surface area contributed by atoms with Gasteiger partial charge in [-0.15, -0.1) is 11.3 Å². The van der Waals surface area contributed by atoms with E-state index in [0.717, 1.165) is 15.9 Å². The summed E-state index contributed by atoms with van der Waals surface area (Å²) >= 11 is 5.21. The second-order valence-corrected chi connectivity index (χ2v) is 6.68. The molecule has 0 amide bonds. The molecule has 2 nitrogen and oxygen atoms in total. The summed E-state index contributed by atoms with van der Waals surface area (Å²) in [4.78, 5) is 5.60. The first-order valence-electron chi connectivity index (χ1n) is 6.49. The average Bonchev–Trinajstić information content (AvgIpc) is 2.85. The molecule has 0 aliphatic heterocycles. The lowest BCUT2D eigenvalue weighted by atomic mass is 10.1. The van der Waals surface area contributed by atoms with E-state index in [0.29, 0.717) is 0 Å². The number of anilines is 1. The zero-order valence-electron chi connectivity index (χ0n) is 11.4. The largest absolute Gasteiger partial charge is 0.378 e. The molecule has 102 valence electrons. The molecule has 4 heteroatoms. The third kappa shape index (κ3) is 2.72. The predicted molar refractivity (Wildman–Crippen MR) is 90.5 cm³/mol. The fraction of sp³-hybridized carbons (Fsp3) is 0.188. The zero-order valence-corrected chi connectivity index (χ0v) is 13.8. The number of nitrogens with one attached hydrogen (secondary N) is 1. The third-order valence-corrected chi connectivity index (χ3v) is 4.97. The maximum Gasteiger partial charge on any atom is 0.0798 e. The molecule has 3 rings (SSSR count). The summed E-state index contributed by atoms with van der Waals surface area (Å²) in [7, 11) is 0. The van der Waals surface area contributed by atoms with E-state index in [1.165, 1.54) is 15.6 Å². The summed E-state index contributed by atoms with van der Waals surface area (Å²) in [5.74, 6) is 0. The maximum absolute atomic E-state index is 4.31. The topological polar surface area (TPSA) is 24.9 Å². The van der Waals surface area contributed by atoms with E-state index in [-0.39, 0.29) is 6.04 Å². The van der Waals surface area contributed by atoms with Crippen molar-refractivity contribution >= 4 is 43.7 Å². The van der Waals surface area contributed by atoms with Gasteiger partial charge in [0.1, 0.15) is 0 Å². The van der Waals surface area contributed by atoms with Crippen molar-refractivity contribution in [3.63, 3.8) is 0 Å². The molecule has 1 aromatic heterocycles. The summed E-state index contributed by atoms with van der Waals surface area (Å²) in [5, 5.41) is 6.03. The molecule has 0 saturated carbocycles. The second-order valence-electron chi connectivity index (χ2n) is 4.87. The summed E-state index contributed by atoms with van der Waals surface area (Å²) in [5.41, 5.74) is 4.15. The van der Waals surface area contributed by atoms with E-state index in [9.17, 15) is 0 Å². The van der Waals surface area contributed by atoms with Gasteiger partial charge in [0.05, 0.1) is 17.2 Å². The summed E-state index contributed by atoms with van der Waals surface area (Å²) in [6.07, 6.45) is 0. The van der Waals surface area contributed by atoms with Gasteiger partial charge in [0, 0.05) is 15.0 Å². The summed E-state index contributed by atoms with van der Waals surface area (Å²) in [6, 6.07) is 13.1. The van der Waals surface area contributed by atoms with Crippen LogP contribution in [-0.2, 0) is 0 Å². The van der Waals surface area contributed by atoms with Crippen LogP contribution in [0.4, 0.5) is 5.69 Å². The molecule has 1 atom stereocenters. The van der Waals surface area contributed by atoms with Gasteiger partial charge < -0.3 is 5.32 Å². The van der Waals surface area contributed by atoms with Gasteiger partial charge in [0.25, 0.3) is 0 Å². The molecular formula is C16H15BrN2S. The summed E-state index contributed by atoms with van der Waals surface area (Å²) in [6.45, 7) is 4.23. The van der Waals surface area contributed by atoms with Crippen LogP contribution < -0.4 is 5.32 Å². The third-order valence-electron chi connectivity index (χ3n) is 3.36. The van der Waals surface area contributed by atoms with Crippen molar-refractivity contribution in [1.82, 2.24) is 4.98 Å². The number of aromatic nitrogens is 1. The van der Waals surface area contributed by atoms with Crippen LogP contribution in [0.15, 0.2) is 46.4 Å². The second kappa shape index (κ2) is 5.54. The molecule has 3 aromatic rings. The lowest BCUT2D eigenvalue weighted by molar-refractivity contribution is 0.891. The Kier molecular flexibility index (Phi) is 3.76. The fourth-order valence-electron chi connectivity index (χ4n) is 2.35. The van der Waals surface area contributed by atoms with Crippen LogP contribution in [0.25, 0.3) is 10.8 Å². The molecule has 0 radical (unpaired) electrons. The SMILES string of the molecule is Cc1ncsc1C(C)Nc1ccc2cc(Br)ccc2c1. The number of hydrogen-bond acceptors (Lipinski definition) is 3. The smallest absolute Gasteiger partial charge is 0.0798 e. The van der Waals surface area contributed by atoms with Gasteiger partial charge in [-0.1, -0.05) is 28.1 Å². The van der Waals surface area contributed by atoms with Gasteiger partial charge in [0.15, 0.2) is 0 Å². The Morgan fingerprint density at radius 3 is 2.65 bits per heavy atom. The maximum atomic E-state index is 4.31. The van der Waals surface area contributed by atoms with Gasteiger partial charge in [-0.05, 0) is 48.9 Å². The first kappa shape index (κ1) is 13.6. The van der Waals surface area contributed by atoms with Crippen molar-refractivity contribution in [2.75, 3.05) is 5.32 Å². The van der Waals surface area contributed by atoms with Gasteiger partial charge in [-0.2, -0.15) is 0 Å². The molecule has 0 aliphatic rings. The Hall–Kier alpha value is -1.39. The van der Waals surface area contributed by atoms with Gasteiger partial charge in [-0.25, -0.2) is 4.98 Å². The van der Waals surface area contributed by atoms with Crippen molar-refractivity contribution in [1.29, 1.82) is 0 Å². The first-order chi connectivity index (χ1) is 9.63. The first-order valence-corrected chi connectivity index (χ1v) is 8.16. The highest BCUT2D eigenvalue weighted by atomic mass is 79.9. The van der Waals surface area contributed by atoms with Crippen molar-refractivity contribution < 1.29 is 0 Å². The highest BCUT2D eigenvalue weighted by molar-refractivity contribution is 9.10. The van der Waals surface area contributed by atoms with Crippen molar-refractivity contribution in [2.45, 2.75) is 19.9 Å². The van der Waals surface area contributed by atoms with Gasteiger partial charge in [0.2, 0.25) is 0 Å². The Morgan fingerprint density at radius 2 is 1.90 bits per heavy atom. The molecular weight excluding hydrogens is 332 g/mol. The zero-order chi connectivity index (χ0) is 14.1. The van der Waals surface area contributed by atoms with E-state index < -0.39 is 0 Å². The monoisotopic (exact) mass is 346 g/mol. The van der Waals surface area contributed by atoms with Crippen molar-refractivity contribution in [2.24, 2.45) is 0 Å². The Labute approximate surface area is 131 Å². The summed E-state index contributed by atoms with van der Waals surface area (Å²) < 4.78 is 1.11. The number of halogens is 1. The standard InChI is InChI=1S/C16H15BrN2S/c1-10-16(20-9-18-10)11(2)19-15-6-4-12-7-14(17)5-3-13(12)8-15/h3-9,11,19H,1-2H3. The molecule has 1 N–H and O–H groups in total. The van der Waals surface area contributed by atoms with Crippen LogP contribution in [0.3, 0.4) is 0 Å². The minimum atomic E-state index is 0.274. The average molecular weight is 347 g/mol. The van der Waals surface area contributed by atoms with Gasteiger partial charge >= 0.3 is 0 Å². The molecule has 0 bridgehead atoms. The number of benzene rings is 2. The van der Waals surface area contributed by atoms with Gasteiger partial charge in [-0.3, -0.25) is 0 Å². The molecule has 1 unspecified atom stereocenters. The number of fused-ring (bicyclic) bond motifs is 1. The van der Waals surface area contributed by atoms with E-state index in [2.05, 4.69) is 76.5 Å². The molecule has 0 spiro atoms. The lowest BCUT2D eigenvalue weighted by Crippen LogP contribution is -2.06. The van der Waals surface area contributed by atoms with E-state index in [1.54, 1.807) is 11.3 Å². The van der Waals surface area contributed by atoms with Crippen LogP contribution in [0.5, 0.6) is 0 Å². The van der Waals surface area contributed by atoms with E-state index in [4.69, 9.17) is 0 Å². The molecule has 0 saturated heterocycles. The molecule has 20 heavy (non-hydrogen) atoms. The lowest BCUT2D eigenvalue weighted by Gasteiger charge is -2.15. The predicted octanol–water partition coefficient (Wildman–Crippen LogP) is 5.54. The number of rotatable bonds is 3. The normalized spacial score (nSPS) is 12.6. The van der Waals surface area contributed by atoms with Crippen molar-refractivity contribution in [3.8, 4) is 0 Å². The Bertz CT molecular complexity index is 751. The van der Waals surface area contributed by atoms with Crippen LogP contribution in [0.2, 0.25) is 0 Å². The highest BCUT2D eigenvalue weighted by Crippen LogP contribution is 2.28. The number of aryl methyl sites for hydroxylation is 1. The number of hydrogen-bond donors (Lipinski definition) is 1. The molecule has 0 fully saturated rings. The van der Waals surface area contributed by atoms with Crippen LogP contribution in [0.1, 0.15) is 23.5 Å². The highest BCUT2D eigenvalue weighted by Gasteiger charge is 2.10. The number of nitrogens with zero attached hydrogens (tertiary/aromatic N) is 1. The minimum absolute atomic E-state index is 0.274. The molecule has 2 aromatic carbocycles. The molecule has 1 heterocycles. The van der Waals surface area contributed by atoms with Crippen LogP contribution in [-0.4, -0.2) is 4.98 Å². The van der Waals surface area contributed by atoms with Crippen molar-refractivity contribution in [3.05, 3.63) is 57.0 Å². The van der Waals surface area contributed by atoms with Crippen LogP contribution >= 0.6 is 27.3 Å². The Balaban J connectivity index is 1.88. The molecule has 0 aliphatic carbocycles. The van der Waals surface area contributed by atoms with Crippen LogP contribution in [0, 0.1) is 6.92 Å². The minimum Gasteiger partial charge on any atom is -0.378 e. The quantitative estimate of drug-likeness (QED) is 0.673. The van der Waals surface area contributed by atoms with E-state index in [1.807, 2.05) is 5.51 Å². The van der Waals surface area contributed by atoms with E-state index >= 15 is 0 Å².